The lowest BCUT2D eigenvalue weighted by molar-refractivity contribution is 0.682. The second-order valence-electron chi connectivity index (χ2n) is 3.10. The van der Waals surface area contributed by atoms with Gasteiger partial charge in [-0.3, -0.25) is 4.21 Å². The molecule has 0 bridgehead atoms. The van der Waals surface area contributed by atoms with Crippen molar-refractivity contribution in [3.05, 3.63) is 39.1 Å². The molecule has 2 aromatic rings. The van der Waals surface area contributed by atoms with Crippen molar-refractivity contribution < 1.29 is 4.21 Å². The molecule has 0 amide bonds. The van der Waals surface area contributed by atoms with Gasteiger partial charge in [-0.25, -0.2) is 0 Å². The largest absolute Gasteiger partial charge is 0.251 e. The van der Waals surface area contributed by atoms with Crippen molar-refractivity contribution in [1.29, 1.82) is 0 Å². The summed E-state index contributed by atoms with van der Waals surface area (Å²) in [5.41, 5.74) is 0.784. The fourth-order valence-corrected chi connectivity index (χ4v) is 3.78. The van der Waals surface area contributed by atoms with E-state index in [1.807, 2.05) is 0 Å². The predicted molar refractivity (Wildman–Crippen MR) is 71.5 cm³/mol. The number of rotatable bonds is 3. The van der Waals surface area contributed by atoms with E-state index in [0.29, 0.717) is 14.4 Å². The molecule has 0 radical (unpaired) electrons. The SMILES string of the molecule is O=S(Cc1cc(Cl)cc(Cl)c1)c1nc(Cl)ns1. The van der Waals surface area contributed by atoms with Crippen LogP contribution in [0.2, 0.25) is 15.3 Å². The Morgan fingerprint density at radius 3 is 2.35 bits per heavy atom. The van der Waals surface area contributed by atoms with Gasteiger partial charge in [-0.05, 0) is 46.9 Å². The summed E-state index contributed by atoms with van der Waals surface area (Å²) in [5.74, 6) is 0.284. The molecule has 0 saturated heterocycles. The molecule has 1 aromatic heterocycles. The molecule has 3 nitrogen and oxygen atoms in total. The molecule has 17 heavy (non-hydrogen) atoms. The van der Waals surface area contributed by atoms with E-state index in [1.54, 1.807) is 18.2 Å². The smallest absolute Gasteiger partial charge is 0.235 e. The van der Waals surface area contributed by atoms with E-state index in [9.17, 15) is 4.21 Å². The Bertz CT molecular complexity index is 553. The molecule has 0 saturated carbocycles. The fourth-order valence-electron chi connectivity index (χ4n) is 1.19. The molecule has 0 N–H and O–H groups in total. The highest BCUT2D eigenvalue weighted by Crippen LogP contribution is 2.22. The average molecular weight is 328 g/mol. The van der Waals surface area contributed by atoms with Gasteiger partial charge in [0.2, 0.25) is 9.62 Å². The number of aromatic nitrogens is 2. The Balaban J connectivity index is 2.18. The van der Waals surface area contributed by atoms with Crippen LogP contribution in [0, 0.1) is 0 Å². The van der Waals surface area contributed by atoms with Crippen LogP contribution in [0.15, 0.2) is 22.5 Å². The van der Waals surface area contributed by atoms with Crippen LogP contribution in [0.25, 0.3) is 0 Å². The maximum Gasteiger partial charge on any atom is 0.235 e. The molecule has 0 aliphatic rings. The highest BCUT2D eigenvalue weighted by molar-refractivity contribution is 7.86. The lowest BCUT2D eigenvalue weighted by Gasteiger charge is -2.01. The molecule has 0 fully saturated rings. The maximum atomic E-state index is 11.9. The number of benzene rings is 1. The van der Waals surface area contributed by atoms with Crippen molar-refractivity contribution >= 4 is 57.1 Å². The molecule has 8 heteroatoms. The first-order valence-electron chi connectivity index (χ1n) is 4.37. The van der Waals surface area contributed by atoms with E-state index < -0.39 is 10.8 Å². The van der Waals surface area contributed by atoms with E-state index in [0.717, 1.165) is 17.1 Å². The summed E-state index contributed by atoms with van der Waals surface area (Å²) in [7, 11) is -1.29. The minimum atomic E-state index is -1.29. The monoisotopic (exact) mass is 326 g/mol. The van der Waals surface area contributed by atoms with Gasteiger partial charge in [-0.2, -0.15) is 9.36 Å². The first-order chi connectivity index (χ1) is 8.04. The zero-order chi connectivity index (χ0) is 12.4. The van der Waals surface area contributed by atoms with Gasteiger partial charge in [0.1, 0.15) is 0 Å². The van der Waals surface area contributed by atoms with Gasteiger partial charge >= 0.3 is 0 Å². The van der Waals surface area contributed by atoms with Crippen molar-refractivity contribution in [3.8, 4) is 0 Å². The Kier molecular flexibility index (Phi) is 4.38. The predicted octanol–water partition coefficient (Wildman–Crippen LogP) is 3.81. The summed E-state index contributed by atoms with van der Waals surface area (Å²) in [5, 5.41) is 1.14. The standard InChI is InChI=1S/C9H5Cl3N2OS2/c10-6-1-5(2-7(11)3-6)4-17(15)9-13-8(12)14-16-9/h1-3H,4H2. The summed E-state index contributed by atoms with van der Waals surface area (Å²) in [4.78, 5) is 3.86. The summed E-state index contributed by atoms with van der Waals surface area (Å²) in [6, 6.07) is 5.05. The molecule has 1 heterocycles. The first-order valence-corrected chi connectivity index (χ1v) is 7.60. The van der Waals surface area contributed by atoms with Gasteiger partial charge in [0.25, 0.3) is 0 Å². The normalized spacial score (nSPS) is 12.6. The fraction of sp³-hybridized carbons (Fsp3) is 0.111. The zero-order valence-electron chi connectivity index (χ0n) is 8.19. The molecule has 90 valence electrons. The summed E-state index contributed by atoms with van der Waals surface area (Å²) >= 11 is 18.3. The van der Waals surface area contributed by atoms with Crippen molar-refractivity contribution in [2.75, 3.05) is 0 Å². The van der Waals surface area contributed by atoms with Crippen LogP contribution in [0.1, 0.15) is 5.56 Å². The van der Waals surface area contributed by atoms with Gasteiger partial charge in [0.15, 0.2) is 0 Å². The number of hydrogen-bond donors (Lipinski definition) is 0. The van der Waals surface area contributed by atoms with Crippen LogP contribution in [0.5, 0.6) is 0 Å². The Morgan fingerprint density at radius 2 is 1.82 bits per heavy atom. The molecule has 0 aliphatic carbocycles. The van der Waals surface area contributed by atoms with Crippen LogP contribution < -0.4 is 0 Å². The van der Waals surface area contributed by atoms with E-state index in [-0.39, 0.29) is 11.0 Å². The van der Waals surface area contributed by atoms with E-state index in [4.69, 9.17) is 34.8 Å². The topological polar surface area (TPSA) is 42.9 Å². The molecule has 0 spiro atoms. The molecule has 1 aromatic carbocycles. The van der Waals surface area contributed by atoms with Crippen LogP contribution in [-0.2, 0) is 16.6 Å². The average Bonchev–Trinajstić information content (AvgIpc) is 2.63. The minimum Gasteiger partial charge on any atom is -0.251 e. The lowest BCUT2D eigenvalue weighted by Crippen LogP contribution is -1.96. The third-order valence-corrected chi connectivity index (χ3v) is 4.87. The zero-order valence-corrected chi connectivity index (χ0v) is 12.1. The molecular weight excluding hydrogens is 323 g/mol. The third-order valence-electron chi connectivity index (χ3n) is 1.80. The number of halogens is 3. The van der Waals surface area contributed by atoms with Crippen molar-refractivity contribution in [2.45, 2.75) is 10.1 Å². The summed E-state index contributed by atoms with van der Waals surface area (Å²) in [6.45, 7) is 0. The molecule has 0 aliphatic heterocycles. The second-order valence-corrected chi connectivity index (χ2v) is 6.68. The van der Waals surface area contributed by atoms with E-state index in [1.165, 1.54) is 0 Å². The number of hydrogen-bond acceptors (Lipinski definition) is 4. The van der Waals surface area contributed by atoms with Gasteiger partial charge in [0.05, 0.1) is 16.6 Å². The quantitative estimate of drug-likeness (QED) is 0.861. The number of nitrogens with zero attached hydrogens (tertiary/aromatic N) is 2. The third kappa shape index (κ3) is 3.63. The van der Waals surface area contributed by atoms with Crippen molar-refractivity contribution in [2.24, 2.45) is 0 Å². The summed E-state index contributed by atoms with van der Waals surface area (Å²) < 4.78 is 16.1. The Morgan fingerprint density at radius 1 is 1.18 bits per heavy atom. The van der Waals surface area contributed by atoms with Crippen LogP contribution in [-0.4, -0.2) is 13.6 Å². The minimum absolute atomic E-state index is 0.113. The molecule has 1 unspecified atom stereocenters. The van der Waals surface area contributed by atoms with E-state index >= 15 is 0 Å². The first kappa shape index (κ1) is 13.2. The van der Waals surface area contributed by atoms with Crippen LogP contribution in [0.4, 0.5) is 0 Å². The molecule has 1 atom stereocenters. The van der Waals surface area contributed by atoms with Gasteiger partial charge in [-0.1, -0.05) is 23.2 Å². The Labute approximate surface area is 119 Å². The second kappa shape index (κ2) is 5.63. The van der Waals surface area contributed by atoms with Gasteiger partial charge in [-0.15, -0.1) is 0 Å². The maximum absolute atomic E-state index is 11.9. The Hall–Kier alpha value is -0.200. The highest BCUT2D eigenvalue weighted by atomic mass is 35.5. The van der Waals surface area contributed by atoms with E-state index in [2.05, 4.69) is 9.36 Å². The van der Waals surface area contributed by atoms with Gasteiger partial charge in [0, 0.05) is 10.0 Å². The molecular formula is C9H5Cl3N2OS2. The van der Waals surface area contributed by atoms with Crippen LogP contribution >= 0.6 is 46.3 Å². The highest BCUT2D eigenvalue weighted by Gasteiger charge is 2.11. The van der Waals surface area contributed by atoms with Crippen LogP contribution in [0.3, 0.4) is 0 Å². The van der Waals surface area contributed by atoms with Gasteiger partial charge < -0.3 is 0 Å². The van der Waals surface area contributed by atoms with Crippen molar-refractivity contribution in [3.63, 3.8) is 0 Å². The molecule has 2 rings (SSSR count). The van der Waals surface area contributed by atoms with Crippen molar-refractivity contribution in [1.82, 2.24) is 9.36 Å². The summed E-state index contributed by atoms with van der Waals surface area (Å²) in [6.07, 6.45) is 0. The lowest BCUT2D eigenvalue weighted by atomic mass is 10.2.